The normalized spacial score (nSPS) is 15.6. The van der Waals surface area contributed by atoms with Crippen molar-refractivity contribution >= 4 is 50.8 Å². The number of hydrogen-bond acceptors (Lipinski definition) is 5. The molecular weight excluding hydrogens is 479 g/mol. The predicted molar refractivity (Wildman–Crippen MR) is 124 cm³/mol. The van der Waals surface area contributed by atoms with Crippen LogP contribution in [0.3, 0.4) is 0 Å². The first-order chi connectivity index (χ1) is 17.2. The largest absolute Gasteiger partial charge is 0.490 e. The molecule has 0 fully saturated rings. The number of carbonyl (C=O) groups is 3. The van der Waals surface area contributed by atoms with E-state index in [4.69, 9.17) is 14.3 Å². The Kier molecular flexibility index (Phi) is 5.64. The number of carbonyl (C=O) groups excluding carboxylic acids is 2. The summed E-state index contributed by atoms with van der Waals surface area (Å²) >= 11 is 0. The van der Waals surface area contributed by atoms with Crippen molar-refractivity contribution < 1.29 is 37.1 Å². The maximum absolute atomic E-state index is 12.9. The minimum absolute atomic E-state index is 0.366. The Morgan fingerprint density at radius 2 is 1.64 bits per heavy atom. The van der Waals surface area contributed by atoms with E-state index in [0.717, 1.165) is 41.5 Å². The number of carboxylic acids is 1. The van der Waals surface area contributed by atoms with Crippen molar-refractivity contribution in [3.05, 3.63) is 71.6 Å². The molecular formula is C25H18F3N3O5. The lowest BCUT2D eigenvalue weighted by molar-refractivity contribution is -0.192. The Bertz CT molecular complexity index is 1580. The van der Waals surface area contributed by atoms with Gasteiger partial charge in [-0.2, -0.15) is 13.2 Å². The van der Waals surface area contributed by atoms with E-state index in [0.29, 0.717) is 22.3 Å². The van der Waals surface area contributed by atoms with Crippen LogP contribution in [0.4, 0.5) is 13.2 Å². The first kappa shape index (κ1) is 23.4. The zero-order valence-electron chi connectivity index (χ0n) is 18.5. The fourth-order valence-electron chi connectivity index (χ4n) is 4.52. The van der Waals surface area contributed by atoms with Crippen molar-refractivity contribution in [3.8, 4) is 0 Å². The summed E-state index contributed by atoms with van der Waals surface area (Å²) in [4.78, 5) is 34.6. The molecule has 6 rings (SSSR count). The van der Waals surface area contributed by atoms with Gasteiger partial charge in [-0.3, -0.25) is 14.9 Å². The van der Waals surface area contributed by atoms with E-state index in [-0.39, 0.29) is 11.8 Å². The van der Waals surface area contributed by atoms with Gasteiger partial charge in [0.2, 0.25) is 0 Å². The van der Waals surface area contributed by atoms with E-state index in [2.05, 4.69) is 21.3 Å². The van der Waals surface area contributed by atoms with Crippen LogP contribution in [-0.2, 0) is 27.5 Å². The van der Waals surface area contributed by atoms with Crippen LogP contribution in [0.1, 0.15) is 16.7 Å². The lowest BCUT2D eigenvalue weighted by Crippen LogP contribution is -2.22. The molecule has 2 aromatic heterocycles. The van der Waals surface area contributed by atoms with E-state index < -0.39 is 12.1 Å². The second-order valence-corrected chi connectivity index (χ2v) is 8.21. The van der Waals surface area contributed by atoms with E-state index >= 15 is 0 Å². The Morgan fingerprint density at radius 3 is 2.36 bits per heavy atom. The van der Waals surface area contributed by atoms with E-state index in [1.165, 1.54) is 5.56 Å². The molecule has 4 aromatic rings. The fraction of sp³-hybridized carbons (Fsp3) is 0.160. The number of nitrogens with one attached hydrogen (secondary N) is 2. The van der Waals surface area contributed by atoms with Gasteiger partial charge in [0.05, 0.1) is 22.9 Å². The van der Waals surface area contributed by atoms with Crippen molar-refractivity contribution in [2.24, 2.45) is 0 Å². The number of furan rings is 1. The van der Waals surface area contributed by atoms with Gasteiger partial charge < -0.3 is 19.4 Å². The Balaban J connectivity index is 0.000000338. The summed E-state index contributed by atoms with van der Waals surface area (Å²) in [6, 6.07) is 13.6. The third kappa shape index (κ3) is 3.93. The second-order valence-electron chi connectivity index (χ2n) is 8.21. The Labute approximate surface area is 201 Å². The van der Waals surface area contributed by atoms with Crippen molar-refractivity contribution in [1.82, 2.24) is 15.2 Å². The van der Waals surface area contributed by atoms with Crippen LogP contribution in [0.2, 0.25) is 0 Å². The lowest BCUT2D eigenvalue weighted by Gasteiger charge is -2.04. The summed E-state index contributed by atoms with van der Waals surface area (Å²) in [6.07, 6.45) is -1.52. The minimum Gasteiger partial charge on any atom is -0.475 e. The van der Waals surface area contributed by atoms with Gasteiger partial charge in [-0.25, -0.2) is 4.79 Å². The molecule has 0 bridgehead atoms. The van der Waals surface area contributed by atoms with E-state index in [1.54, 1.807) is 6.26 Å². The molecule has 3 N–H and O–H groups in total. The molecule has 4 heterocycles. The monoisotopic (exact) mass is 497 g/mol. The van der Waals surface area contributed by atoms with Crippen LogP contribution >= 0.6 is 0 Å². The first-order valence-electron chi connectivity index (χ1n) is 10.9. The van der Waals surface area contributed by atoms with Crippen molar-refractivity contribution in [3.63, 3.8) is 0 Å². The van der Waals surface area contributed by atoms with Crippen LogP contribution in [0.25, 0.3) is 33.0 Å². The molecule has 0 saturated carbocycles. The minimum atomic E-state index is -5.08. The average Bonchev–Trinajstić information content (AvgIpc) is 3.44. The highest BCUT2D eigenvalue weighted by molar-refractivity contribution is 6.50. The number of benzene rings is 2. The van der Waals surface area contributed by atoms with Crippen molar-refractivity contribution in [1.29, 1.82) is 0 Å². The molecule has 8 nitrogen and oxygen atoms in total. The molecule has 11 heteroatoms. The number of para-hydroxylation sites is 2. The quantitative estimate of drug-likeness (QED) is 0.364. The molecule has 2 amide bonds. The molecule has 2 aromatic carbocycles. The molecule has 0 spiro atoms. The number of aromatic nitrogens is 1. The standard InChI is InChI=1S/C23H17N3O3.C2HF3O2/c27-22-19(16-11-26-9-8-24-10-13-4-3-6-15(16)21(13)26)20(23(28)25-22)17-12-29-18-7-2-1-5-14(17)18;3-2(4,5)1(6)7/h1-7,11-12,24H,8-10H2,(H,25,27,28);(H,6,7). The summed E-state index contributed by atoms with van der Waals surface area (Å²) < 4.78 is 39.6. The molecule has 0 atom stereocenters. The van der Waals surface area contributed by atoms with Crippen molar-refractivity contribution in [2.45, 2.75) is 19.3 Å². The maximum Gasteiger partial charge on any atom is 0.490 e. The highest BCUT2D eigenvalue weighted by atomic mass is 19.4. The summed E-state index contributed by atoms with van der Waals surface area (Å²) in [7, 11) is 0. The average molecular weight is 497 g/mol. The number of nitrogens with zero attached hydrogens (tertiary/aromatic N) is 1. The van der Waals surface area contributed by atoms with Gasteiger partial charge >= 0.3 is 12.1 Å². The fourth-order valence-corrected chi connectivity index (χ4v) is 4.52. The highest BCUT2D eigenvalue weighted by Gasteiger charge is 2.38. The van der Waals surface area contributed by atoms with Gasteiger partial charge in [-0.1, -0.05) is 36.4 Å². The number of imide groups is 1. The molecule has 0 saturated heterocycles. The van der Waals surface area contributed by atoms with Gasteiger partial charge in [-0.15, -0.1) is 0 Å². The zero-order chi connectivity index (χ0) is 25.6. The number of amides is 2. The second kappa shape index (κ2) is 8.68. The summed E-state index contributed by atoms with van der Waals surface area (Å²) in [5.41, 5.74) is 5.20. The summed E-state index contributed by atoms with van der Waals surface area (Å²) in [5, 5.41) is 14.8. The van der Waals surface area contributed by atoms with Crippen LogP contribution < -0.4 is 10.6 Å². The number of aliphatic carboxylic acids is 1. The zero-order valence-corrected chi connectivity index (χ0v) is 18.5. The third-order valence-electron chi connectivity index (χ3n) is 6.02. The maximum atomic E-state index is 12.9. The molecule has 0 unspecified atom stereocenters. The molecule has 2 aliphatic heterocycles. The van der Waals surface area contributed by atoms with Gasteiger partial charge in [0.25, 0.3) is 11.8 Å². The van der Waals surface area contributed by atoms with Crippen molar-refractivity contribution in [2.75, 3.05) is 6.54 Å². The third-order valence-corrected chi connectivity index (χ3v) is 6.02. The Morgan fingerprint density at radius 1 is 0.972 bits per heavy atom. The number of carboxylic acid groups (broad SMARTS) is 1. The van der Waals surface area contributed by atoms with Gasteiger partial charge in [0.15, 0.2) is 0 Å². The van der Waals surface area contributed by atoms with Crippen LogP contribution in [0, 0.1) is 0 Å². The highest BCUT2D eigenvalue weighted by Crippen LogP contribution is 2.39. The number of rotatable bonds is 2. The number of alkyl halides is 3. The van der Waals surface area contributed by atoms with Crippen LogP contribution in [0.5, 0.6) is 0 Å². The van der Waals surface area contributed by atoms with E-state index in [1.807, 2.05) is 42.6 Å². The van der Waals surface area contributed by atoms with E-state index in [9.17, 15) is 22.8 Å². The molecule has 0 radical (unpaired) electrons. The number of hydrogen-bond donors (Lipinski definition) is 3. The number of halogens is 3. The smallest absolute Gasteiger partial charge is 0.475 e. The van der Waals surface area contributed by atoms with Gasteiger partial charge in [0.1, 0.15) is 5.58 Å². The van der Waals surface area contributed by atoms with Crippen LogP contribution in [0.15, 0.2) is 59.3 Å². The first-order valence-corrected chi connectivity index (χ1v) is 10.9. The Hall–Kier alpha value is -4.38. The summed E-state index contributed by atoms with van der Waals surface area (Å²) in [6.45, 7) is 2.44. The van der Waals surface area contributed by atoms with Gasteiger partial charge in [0, 0.05) is 47.7 Å². The van der Waals surface area contributed by atoms with Gasteiger partial charge in [-0.05, 0) is 11.6 Å². The molecule has 0 aliphatic carbocycles. The lowest BCUT2D eigenvalue weighted by atomic mass is 9.95. The molecule has 36 heavy (non-hydrogen) atoms. The van der Waals surface area contributed by atoms with Crippen LogP contribution in [-0.4, -0.2) is 40.2 Å². The number of fused-ring (bicyclic) bond motifs is 1. The molecule has 2 aliphatic rings. The molecule has 184 valence electrons. The predicted octanol–water partition coefficient (Wildman–Crippen LogP) is 3.69. The summed E-state index contributed by atoms with van der Waals surface area (Å²) in [5.74, 6) is -3.51. The SMILES string of the molecule is O=C(O)C(F)(F)F.O=C1NC(=O)C(c2cn3c4c(cccc24)CNCC3)=C1c1coc2ccccc12. The topological polar surface area (TPSA) is 114 Å².